The summed E-state index contributed by atoms with van der Waals surface area (Å²) in [7, 11) is 3.14. The maximum atomic E-state index is 13.5. The highest BCUT2D eigenvalue weighted by molar-refractivity contribution is 6.46. The number of rotatable bonds is 7. The van der Waals surface area contributed by atoms with Crippen LogP contribution in [-0.2, 0) is 16.1 Å². The number of carbonyl (C=O) groups is 2. The monoisotopic (exact) mass is 486 g/mol. The Bertz CT molecular complexity index is 1330. The van der Waals surface area contributed by atoms with E-state index in [9.17, 15) is 14.7 Å². The Hall–Kier alpha value is -4.13. The fourth-order valence-electron chi connectivity index (χ4n) is 4.67. The number of amides is 1. The van der Waals surface area contributed by atoms with Gasteiger partial charge in [-0.1, -0.05) is 32.0 Å². The van der Waals surface area contributed by atoms with Gasteiger partial charge in [-0.15, -0.1) is 0 Å². The molecule has 3 aromatic rings. The number of para-hydroxylation sites is 1. The number of Topliss-reactive ketones (excluding diaryl/α,β-unsaturated/α-hetero) is 1. The van der Waals surface area contributed by atoms with Gasteiger partial charge in [0.25, 0.3) is 11.7 Å². The molecule has 1 N–H and O–H groups in total. The zero-order chi connectivity index (χ0) is 26.0. The molecule has 1 aliphatic heterocycles. The molecule has 1 saturated heterocycles. The van der Waals surface area contributed by atoms with Gasteiger partial charge in [0.2, 0.25) is 0 Å². The van der Waals surface area contributed by atoms with Gasteiger partial charge in [0.1, 0.15) is 17.3 Å². The first-order valence-electron chi connectivity index (χ1n) is 11.8. The van der Waals surface area contributed by atoms with Gasteiger partial charge in [-0.05, 0) is 59.9 Å². The highest BCUT2D eigenvalue weighted by Crippen LogP contribution is 2.44. The summed E-state index contributed by atoms with van der Waals surface area (Å²) in [6, 6.07) is 13.7. The first-order valence-corrected chi connectivity index (χ1v) is 11.8. The van der Waals surface area contributed by atoms with Crippen molar-refractivity contribution in [2.24, 2.45) is 0 Å². The van der Waals surface area contributed by atoms with Crippen LogP contribution in [0.4, 0.5) is 0 Å². The van der Waals surface area contributed by atoms with E-state index >= 15 is 0 Å². The number of hydrogen-bond donors (Lipinski definition) is 1. The van der Waals surface area contributed by atoms with Crippen molar-refractivity contribution in [1.29, 1.82) is 0 Å². The number of methoxy groups -OCH3 is 2. The van der Waals surface area contributed by atoms with E-state index < -0.39 is 17.7 Å². The lowest BCUT2D eigenvalue weighted by Gasteiger charge is -2.27. The average molecular weight is 487 g/mol. The van der Waals surface area contributed by atoms with Crippen LogP contribution in [0.25, 0.3) is 5.76 Å². The normalized spacial score (nSPS) is 17.1. The molecule has 1 amide bonds. The van der Waals surface area contributed by atoms with Gasteiger partial charge in [0.05, 0.1) is 25.8 Å². The number of aliphatic hydroxyl groups is 1. The number of likely N-dealkylation sites (tertiary alicyclic amines) is 1. The Kier molecular flexibility index (Phi) is 7.10. The summed E-state index contributed by atoms with van der Waals surface area (Å²) in [6.45, 7) is 6.07. The van der Waals surface area contributed by atoms with Crippen molar-refractivity contribution in [3.63, 3.8) is 0 Å². The lowest BCUT2D eigenvalue weighted by Crippen LogP contribution is -2.29. The Morgan fingerprint density at radius 2 is 1.69 bits per heavy atom. The van der Waals surface area contributed by atoms with Crippen molar-refractivity contribution in [1.82, 2.24) is 9.88 Å². The van der Waals surface area contributed by atoms with Crippen molar-refractivity contribution in [2.45, 2.75) is 39.3 Å². The van der Waals surface area contributed by atoms with E-state index in [2.05, 4.69) is 4.98 Å². The molecule has 4 rings (SSSR count). The van der Waals surface area contributed by atoms with Crippen LogP contribution in [-0.4, -0.2) is 40.9 Å². The average Bonchev–Trinajstić information content (AvgIpc) is 3.13. The largest absolute Gasteiger partial charge is 0.507 e. The molecular weight excluding hydrogens is 456 g/mol. The van der Waals surface area contributed by atoms with E-state index in [1.807, 2.05) is 51.1 Å². The molecule has 186 valence electrons. The van der Waals surface area contributed by atoms with E-state index in [-0.39, 0.29) is 23.8 Å². The van der Waals surface area contributed by atoms with E-state index in [1.165, 1.54) is 12.0 Å². The second-order valence-electron chi connectivity index (χ2n) is 9.09. The molecule has 0 aliphatic carbocycles. The van der Waals surface area contributed by atoms with Crippen molar-refractivity contribution in [3.05, 3.63) is 94.3 Å². The molecule has 1 aliphatic rings. The lowest BCUT2D eigenvalue weighted by atomic mass is 9.90. The Morgan fingerprint density at radius 1 is 1.03 bits per heavy atom. The topological polar surface area (TPSA) is 89.0 Å². The van der Waals surface area contributed by atoms with Crippen LogP contribution in [0.2, 0.25) is 0 Å². The van der Waals surface area contributed by atoms with Crippen LogP contribution in [0.15, 0.2) is 66.5 Å². The number of aryl methyl sites for hydroxylation is 1. The Morgan fingerprint density at radius 3 is 2.33 bits per heavy atom. The third kappa shape index (κ3) is 4.44. The minimum atomic E-state index is -0.835. The first kappa shape index (κ1) is 25.0. The van der Waals surface area contributed by atoms with Crippen LogP contribution in [0, 0.1) is 6.92 Å². The molecule has 1 atom stereocenters. The summed E-state index contributed by atoms with van der Waals surface area (Å²) in [5, 5.41) is 11.6. The number of benzene rings is 2. The fourth-order valence-corrected chi connectivity index (χ4v) is 4.67. The summed E-state index contributed by atoms with van der Waals surface area (Å²) in [4.78, 5) is 32.3. The zero-order valence-corrected chi connectivity index (χ0v) is 21.1. The molecule has 0 bridgehead atoms. The van der Waals surface area contributed by atoms with Gasteiger partial charge in [-0.25, -0.2) is 0 Å². The second kappa shape index (κ2) is 10.2. The van der Waals surface area contributed by atoms with Gasteiger partial charge < -0.3 is 19.5 Å². The van der Waals surface area contributed by atoms with Crippen molar-refractivity contribution >= 4 is 17.4 Å². The number of hydrogen-bond acceptors (Lipinski definition) is 6. The quantitative estimate of drug-likeness (QED) is 0.282. The van der Waals surface area contributed by atoms with Gasteiger partial charge >= 0.3 is 0 Å². The third-order valence-electron chi connectivity index (χ3n) is 6.53. The van der Waals surface area contributed by atoms with Gasteiger partial charge in [-0.2, -0.15) is 0 Å². The van der Waals surface area contributed by atoms with E-state index in [1.54, 1.807) is 37.7 Å². The van der Waals surface area contributed by atoms with Crippen LogP contribution in [0.3, 0.4) is 0 Å². The molecule has 0 radical (unpaired) electrons. The molecule has 1 unspecified atom stereocenters. The number of nitrogens with zero attached hydrogens (tertiary/aromatic N) is 2. The molecular formula is C29H30N2O5. The zero-order valence-electron chi connectivity index (χ0n) is 21.1. The van der Waals surface area contributed by atoms with Gasteiger partial charge in [0, 0.05) is 30.1 Å². The molecule has 0 spiro atoms. The van der Waals surface area contributed by atoms with Crippen LogP contribution >= 0.6 is 0 Å². The third-order valence-corrected chi connectivity index (χ3v) is 6.53. The predicted molar refractivity (Wildman–Crippen MR) is 137 cm³/mol. The SMILES string of the molecule is COc1cc(C)c(/C(O)=C2\C(=O)C(=O)N(Cc3ccncc3)C2c2ccccc2OC)cc1C(C)C. The molecule has 2 heterocycles. The van der Waals surface area contributed by atoms with E-state index in [4.69, 9.17) is 9.47 Å². The highest BCUT2D eigenvalue weighted by Gasteiger charge is 2.47. The minimum Gasteiger partial charge on any atom is -0.507 e. The number of ketones is 1. The molecule has 1 aromatic heterocycles. The van der Waals surface area contributed by atoms with Crippen molar-refractivity contribution < 1.29 is 24.2 Å². The smallest absolute Gasteiger partial charge is 0.295 e. The summed E-state index contributed by atoms with van der Waals surface area (Å²) in [5.74, 6) is -0.295. The molecule has 7 nitrogen and oxygen atoms in total. The number of aliphatic hydroxyl groups excluding tert-OH is 1. The van der Waals surface area contributed by atoms with Crippen LogP contribution in [0.5, 0.6) is 11.5 Å². The maximum absolute atomic E-state index is 13.5. The van der Waals surface area contributed by atoms with Crippen molar-refractivity contribution in [3.8, 4) is 11.5 Å². The molecule has 1 fully saturated rings. The number of aromatic nitrogens is 1. The minimum absolute atomic E-state index is 0.0292. The molecule has 7 heteroatoms. The number of ether oxygens (including phenoxy) is 2. The molecule has 2 aromatic carbocycles. The van der Waals surface area contributed by atoms with Gasteiger partial charge in [0.15, 0.2) is 0 Å². The standard InChI is InChI=1S/C29H30N2O5/c1-17(2)21-15-22(18(3)14-24(21)36-5)27(32)25-26(20-8-6-7-9-23(20)35-4)31(29(34)28(25)33)16-19-10-12-30-13-11-19/h6-15,17,26,32H,16H2,1-5H3/b27-25+. The Balaban J connectivity index is 1.95. The molecule has 36 heavy (non-hydrogen) atoms. The predicted octanol–water partition coefficient (Wildman–Crippen LogP) is 5.15. The summed E-state index contributed by atoms with van der Waals surface area (Å²) in [5.41, 5.74) is 3.57. The Labute approximate surface area is 211 Å². The second-order valence-corrected chi connectivity index (χ2v) is 9.09. The summed E-state index contributed by atoms with van der Waals surface area (Å²) >= 11 is 0. The fraction of sp³-hybridized carbons (Fsp3) is 0.276. The molecule has 0 saturated carbocycles. The summed E-state index contributed by atoms with van der Waals surface area (Å²) in [6.07, 6.45) is 3.27. The van der Waals surface area contributed by atoms with E-state index in [0.29, 0.717) is 22.6 Å². The first-order chi connectivity index (χ1) is 17.3. The number of carbonyl (C=O) groups excluding carboxylic acids is 2. The van der Waals surface area contributed by atoms with Crippen LogP contribution in [0.1, 0.15) is 53.6 Å². The highest BCUT2D eigenvalue weighted by atomic mass is 16.5. The van der Waals surface area contributed by atoms with Crippen molar-refractivity contribution in [2.75, 3.05) is 14.2 Å². The van der Waals surface area contributed by atoms with Gasteiger partial charge in [-0.3, -0.25) is 14.6 Å². The van der Waals surface area contributed by atoms with Crippen LogP contribution < -0.4 is 9.47 Å². The maximum Gasteiger partial charge on any atom is 0.295 e. The number of pyridine rings is 1. The summed E-state index contributed by atoms with van der Waals surface area (Å²) < 4.78 is 11.1. The lowest BCUT2D eigenvalue weighted by molar-refractivity contribution is -0.140. The van der Waals surface area contributed by atoms with E-state index in [0.717, 1.165) is 16.7 Å².